The standard InChI is InChI=1S/C21H21ClN6/c1-15-25-26-21(28(15)19-8-6-17(22)7-9-19)27-12-10-18(11-13-27)24-20-5-3-2-4-16(20)14-23/h2-9,18,24H,10-13H2,1H3. The Morgan fingerprint density at radius 1 is 1.07 bits per heavy atom. The van der Waals surface area contributed by atoms with E-state index in [2.05, 4.69) is 31.1 Å². The number of nitrogens with zero attached hydrogens (tertiary/aromatic N) is 5. The summed E-state index contributed by atoms with van der Waals surface area (Å²) < 4.78 is 2.06. The average Bonchev–Trinajstić information content (AvgIpc) is 3.11. The van der Waals surface area contributed by atoms with Crippen molar-refractivity contribution in [2.24, 2.45) is 0 Å². The van der Waals surface area contributed by atoms with Crippen LogP contribution in [0.3, 0.4) is 0 Å². The number of para-hydroxylation sites is 1. The minimum Gasteiger partial charge on any atom is -0.381 e. The molecule has 7 heteroatoms. The highest BCUT2D eigenvalue weighted by molar-refractivity contribution is 6.30. The fourth-order valence-corrected chi connectivity index (χ4v) is 3.72. The molecule has 6 nitrogen and oxygen atoms in total. The van der Waals surface area contributed by atoms with Gasteiger partial charge in [-0.15, -0.1) is 10.2 Å². The molecule has 142 valence electrons. The normalized spacial score (nSPS) is 14.7. The van der Waals surface area contributed by atoms with Crippen LogP contribution in [0, 0.1) is 18.3 Å². The van der Waals surface area contributed by atoms with Crippen molar-refractivity contribution < 1.29 is 0 Å². The van der Waals surface area contributed by atoms with E-state index in [4.69, 9.17) is 11.6 Å². The molecule has 0 aliphatic carbocycles. The maximum absolute atomic E-state index is 9.27. The van der Waals surface area contributed by atoms with Crippen LogP contribution < -0.4 is 10.2 Å². The second kappa shape index (κ2) is 7.91. The van der Waals surface area contributed by atoms with Crippen LogP contribution in [0.15, 0.2) is 48.5 Å². The van der Waals surface area contributed by atoms with Gasteiger partial charge in [-0.25, -0.2) is 0 Å². The molecule has 3 aromatic rings. The van der Waals surface area contributed by atoms with Crippen LogP contribution in [0.5, 0.6) is 0 Å². The lowest BCUT2D eigenvalue weighted by Gasteiger charge is -2.33. The van der Waals surface area contributed by atoms with Crippen molar-refractivity contribution in [2.45, 2.75) is 25.8 Å². The van der Waals surface area contributed by atoms with E-state index < -0.39 is 0 Å². The molecule has 0 bridgehead atoms. The zero-order valence-corrected chi connectivity index (χ0v) is 16.4. The van der Waals surface area contributed by atoms with Crippen molar-refractivity contribution in [3.8, 4) is 11.8 Å². The van der Waals surface area contributed by atoms with Gasteiger partial charge in [0.2, 0.25) is 5.95 Å². The number of aryl methyl sites for hydroxylation is 1. The average molecular weight is 393 g/mol. The van der Waals surface area contributed by atoms with Crippen LogP contribution in [0.4, 0.5) is 11.6 Å². The summed E-state index contributed by atoms with van der Waals surface area (Å²) in [6.07, 6.45) is 1.93. The molecule has 0 unspecified atom stereocenters. The third-order valence-corrected chi connectivity index (χ3v) is 5.33. The van der Waals surface area contributed by atoms with Gasteiger partial charge in [0, 0.05) is 24.2 Å². The summed E-state index contributed by atoms with van der Waals surface area (Å²) in [5.74, 6) is 1.70. The molecular weight excluding hydrogens is 372 g/mol. The quantitative estimate of drug-likeness (QED) is 0.721. The zero-order valence-electron chi connectivity index (χ0n) is 15.6. The first-order valence-corrected chi connectivity index (χ1v) is 9.72. The van der Waals surface area contributed by atoms with E-state index in [1.165, 1.54) is 0 Å². The van der Waals surface area contributed by atoms with Gasteiger partial charge in [0.15, 0.2) is 0 Å². The Morgan fingerprint density at radius 2 is 1.79 bits per heavy atom. The number of anilines is 2. The number of benzene rings is 2. The van der Waals surface area contributed by atoms with Gasteiger partial charge >= 0.3 is 0 Å². The van der Waals surface area contributed by atoms with Crippen LogP contribution in [0.1, 0.15) is 24.2 Å². The second-order valence-corrected chi connectivity index (χ2v) is 7.36. The predicted octanol–water partition coefficient (Wildman–Crippen LogP) is 4.18. The third kappa shape index (κ3) is 3.67. The van der Waals surface area contributed by atoms with Crippen molar-refractivity contribution in [3.63, 3.8) is 0 Å². The summed E-state index contributed by atoms with van der Waals surface area (Å²) in [4.78, 5) is 2.27. The number of aromatic nitrogens is 3. The first kappa shape index (κ1) is 18.3. The van der Waals surface area contributed by atoms with E-state index in [1.54, 1.807) is 0 Å². The monoisotopic (exact) mass is 392 g/mol. The number of halogens is 1. The number of piperidine rings is 1. The molecule has 1 fully saturated rings. The van der Waals surface area contributed by atoms with Crippen molar-refractivity contribution in [3.05, 3.63) is 64.9 Å². The molecule has 0 radical (unpaired) electrons. The number of hydrogen-bond donors (Lipinski definition) is 1. The van der Waals surface area contributed by atoms with Gasteiger partial charge in [-0.2, -0.15) is 5.26 Å². The predicted molar refractivity (Wildman–Crippen MR) is 111 cm³/mol. The van der Waals surface area contributed by atoms with Gasteiger partial charge in [0.25, 0.3) is 0 Å². The summed E-state index contributed by atoms with van der Waals surface area (Å²) in [7, 11) is 0. The summed E-state index contributed by atoms with van der Waals surface area (Å²) >= 11 is 6.03. The Balaban J connectivity index is 1.48. The first-order valence-electron chi connectivity index (χ1n) is 9.34. The maximum atomic E-state index is 9.27. The Kier molecular flexibility index (Phi) is 5.18. The van der Waals surface area contributed by atoms with Crippen LogP contribution in [-0.4, -0.2) is 33.9 Å². The highest BCUT2D eigenvalue weighted by Gasteiger charge is 2.24. The van der Waals surface area contributed by atoms with Crippen molar-refractivity contribution in [1.29, 1.82) is 5.26 Å². The van der Waals surface area contributed by atoms with Gasteiger partial charge < -0.3 is 10.2 Å². The van der Waals surface area contributed by atoms with Crippen molar-refractivity contribution >= 4 is 23.2 Å². The van der Waals surface area contributed by atoms with Crippen LogP contribution in [0.2, 0.25) is 5.02 Å². The van der Waals surface area contributed by atoms with E-state index >= 15 is 0 Å². The Bertz CT molecular complexity index is 996. The van der Waals surface area contributed by atoms with Gasteiger partial charge in [-0.3, -0.25) is 4.57 Å². The van der Waals surface area contributed by atoms with E-state index in [-0.39, 0.29) is 0 Å². The molecule has 0 amide bonds. The van der Waals surface area contributed by atoms with Crippen LogP contribution in [0.25, 0.3) is 5.69 Å². The second-order valence-electron chi connectivity index (χ2n) is 6.92. The summed E-state index contributed by atoms with van der Waals surface area (Å²) in [6, 6.07) is 17.9. The molecule has 2 aromatic carbocycles. The van der Waals surface area contributed by atoms with Gasteiger partial charge in [0.1, 0.15) is 11.9 Å². The Morgan fingerprint density at radius 3 is 2.50 bits per heavy atom. The number of nitrogens with one attached hydrogen (secondary N) is 1. The molecular formula is C21H21ClN6. The fraction of sp³-hybridized carbons (Fsp3) is 0.286. The highest BCUT2D eigenvalue weighted by Crippen LogP contribution is 2.26. The van der Waals surface area contributed by atoms with Crippen LogP contribution >= 0.6 is 11.6 Å². The van der Waals surface area contributed by atoms with E-state index in [9.17, 15) is 5.26 Å². The minimum atomic E-state index is 0.332. The van der Waals surface area contributed by atoms with Gasteiger partial charge in [-0.1, -0.05) is 23.7 Å². The van der Waals surface area contributed by atoms with E-state index in [0.717, 1.165) is 49.1 Å². The molecule has 1 aromatic heterocycles. The topological polar surface area (TPSA) is 69.8 Å². The Hall–Kier alpha value is -3.04. The highest BCUT2D eigenvalue weighted by atomic mass is 35.5. The SMILES string of the molecule is Cc1nnc(N2CCC(Nc3ccccc3C#N)CC2)n1-c1ccc(Cl)cc1. The number of nitriles is 1. The van der Waals surface area contributed by atoms with Gasteiger partial charge in [0.05, 0.1) is 16.9 Å². The molecule has 0 saturated carbocycles. The largest absolute Gasteiger partial charge is 0.381 e. The molecule has 4 rings (SSSR count). The molecule has 1 aliphatic rings. The maximum Gasteiger partial charge on any atom is 0.231 e. The molecule has 28 heavy (non-hydrogen) atoms. The molecule has 1 N–H and O–H groups in total. The fourth-order valence-electron chi connectivity index (χ4n) is 3.60. The molecule has 1 saturated heterocycles. The number of rotatable bonds is 4. The van der Waals surface area contributed by atoms with Crippen molar-refractivity contribution in [2.75, 3.05) is 23.3 Å². The summed E-state index contributed by atoms with van der Waals surface area (Å²) in [5.41, 5.74) is 2.59. The van der Waals surface area contributed by atoms with Crippen LogP contribution in [-0.2, 0) is 0 Å². The Labute approximate surface area is 169 Å². The van der Waals surface area contributed by atoms with Gasteiger partial charge in [-0.05, 0) is 56.2 Å². The summed E-state index contributed by atoms with van der Waals surface area (Å²) in [5, 5.41) is 22.2. The van der Waals surface area contributed by atoms with E-state index in [0.29, 0.717) is 16.6 Å². The summed E-state index contributed by atoms with van der Waals surface area (Å²) in [6.45, 7) is 3.70. The lowest BCUT2D eigenvalue weighted by molar-refractivity contribution is 0.517. The third-order valence-electron chi connectivity index (χ3n) is 5.08. The lowest BCUT2D eigenvalue weighted by atomic mass is 10.0. The lowest BCUT2D eigenvalue weighted by Crippen LogP contribution is -2.40. The van der Waals surface area contributed by atoms with Crippen molar-refractivity contribution in [1.82, 2.24) is 14.8 Å². The smallest absolute Gasteiger partial charge is 0.231 e. The minimum absolute atomic E-state index is 0.332. The molecule has 0 atom stereocenters. The first-order chi connectivity index (χ1) is 13.7. The molecule has 1 aliphatic heterocycles. The van der Waals surface area contributed by atoms with E-state index in [1.807, 2.05) is 55.5 Å². The molecule has 0 spiro atoms. The zero-order chi connectivity index (χ0) is 19.5. The number of hydrogen-bond acceptors (Lipinski definition) is 5. The molecule has 2 heterocycles.